The number of ether oxygens (including phenoxy) is 1. The van der Waals surface area contributed by atoms with Gasteiger partial charge in [-0.1, -0.05) is 0 Å². The third-order valence-electron chi connectivity index (χ3n) is 2.88. The fraction of sp³-hybridized carbons (Fsp3) is 0.462. The van der Waals surface area contributed by atoms with Crippen LogP contribution in [0, 0.1) is 0 Å². The minimum absolute atomic E-state index is 0.136. The Bertz CT molecular complexity index is 608. The summed E-state index contributed by atoms with van der Waals surface area (Å²) in [5, 5.41) is 7.91. The first-order valence-electron chi connectivity index (χ1n) is 6.38. The monoisotopic (exact) mass is 357 g/mol. The molecule has 0 spiro atoms. The van der Waals surface area contributed by atoms with Gasteiger partial charge in [-0.3, -0.25) is 9.69 Å². The van der Waals surface area contributed by atoms with Crippen LogP contribution in [0.5, 0.6) is 0 Å². The van der Waals surface area contributed by atoms with Crippen molar-refractivity contribution < 1.29 is 18.4 Å². The van der Waals surface area contributed by atoms with Crippen LogP contribution >= 0.6 is 15.9 Å². The maximum Gasteiger partial charge on any atom is 0.319 e. The molecule has 0 unspecified atom stereocenters. The van der Waals surface area contributed by atoms with Gasteiger partial charge in [-0.15, -0.1) is 10.2 Å². The van der Waals surface area contributed by atoms with E-state index in [0.717, 1.165) is 0 Å². The van der Waals surface area contributed by atoms with Gasteiger partial charge in [0.25, 0.3) is 5.89 Å². The highest BCUT2D eigenvalue weighted by Gasteiger charge is 2.19. The highest BCUT2D eigenvalue weighted by molar-refractivity contribution is 9.10. The Balaban J connectivity index is 2.07. The highest BCUT2D eigenvalue weighted by atomic mass is 79.9. The van der Waals surface area contributed by atoms with Gasteiger partial charge in [0, 0.05) is 6.04 Å². The SMILES string of the molecule is COC(=O)CN(Cc1nnc(-c2ccc(Br)o2)o1)C(C)C. The summed E-state index contributed by atoms with van der Waals surface area (Å²) in [6, 6.07) is 3.62. The molecule has 0 N–H and O–H groups in total. The second-order valence-electron chi connectivity index (χ2n) is 4.68. The standard InChI is InChI=1S/C13H16BrN3O4/c1-8(2)17(7-12(18)19-3)6-11-15-16-13(21-11)9-4-5-10(14)20-9/h4-5,8H,6-7H2,1-3H3. The normalized spacial score (nSPS) is 11.3. The van der Waals surface area contributed by atoms with Crippen molar-refractivity contribution in [2.45, 2.75) is 26.4 Å². The predicted octanol–water partition coefficient (Wildman–Crippen LogP) is 2.48. The van der Waals surface area contributed by atoms with E-state index >= 15 is 0 Å². The number of nitrogens with zero attached hydrogens (tertiary/aromatic N) is 3. The number of aromatic nitrogens is 2. The molecule has 2 rings (SSSR count). The summed E-state index contributed by atoms with van der Waals surface area (Å²) in [4.78, 5) is 13.3. The van der Waals surface area contributed by atoms with Gasteiger partial charge in [0.15, 0.2) is 10.4 Å². The van der Waals surface area contributed by atoms with Crippen LogP contribution in [-0.2, 0) is 16.1 Å². The topological polar surface area (TPSA) is 81.6 Å². The molecule has 0 atom stereocenters. The van der Waals surface area contributed by atoms with Gasteiger partial charge in [0.05, 0.1) is 20.2 Å². The molecule has 2 aromatic rings. The Hall–Kier alpha value is -1.67. The van der Waals surface area contributed by atoms with E-state index in [1.165, 1.54) is 7.11 Å². The van der Waals surface area contributed by atoms with E-state index in [0.29, 0.717) is 28.8 Å². The van der Waals surface area contributed by atoms with E-state index in [9.17, 15) is 4.79 Å². The molecule has 7 nitrogen and oxygen atoms in total. The van der Waals surface area contributed by atoms with E-state index in [4.69, 9.17) is 8.83 Å². The van der Waals surface area contributed by atoms with E-state index in [2.05, 4.69) is 30.9 Å². The van der Waals surface area contributed by atoms with Crippen LogP contribution in [0.2, 0.25) is 0 Å². The van der Waals surface area contributed by atoms with Crippen LogP contribution in [0.15, 0.2) is 25.6 Å². The number of hydrogen-bond donors (Lipinski definition) is 0. The lowest BCUT2D eigenvalue weighted by Gasteiger charge is -2.23. The number of furan rings is 1. The zero-order valence-electron chi connectivity index (χ0n) is 12.0. The van der Waals surface area contributed by atoms with Crippen molar-refractivity contribution >= 4 is 21.9 Å². The zero-order chi connectivity index (χ0) is 15.4. The van der Waals surface area contributed by atoms with Gasteiger partial charge in [0.2, 0.25) is 5.89 Å². The number of carbonyl (C=O) groups excluding carboxylic acids is 1. The fourth-order valence-corrected chi connectivity index (χ4v) is 1.98. The second kappa shape index (κ2) is 6.86. The first-order chi connectivity index (χ1) is 9.99. The van der Waals surface area contributed by atoms with Crippen molar-refractivity contribution in [1.29, 1.82) is 0 Å². The van der Waals surface area contributed by atoms with Gasteiger partial charge in [0.1, 0.15) is 0 Å². The molecule has 2 heterocycles. The zero-order valence-corrected chi connectivity index (χ0v) is 13.6. The maximum absolute atomic E-state index is 11.4. The predicted molar refractivity (Wildman–Crippen MR) is 77.3 cm³/mol. The lowest BCUT2D eigenvalue weighted by Crippen LogP contribution is -2.35. The third kappa shape index (κ3) is 4.15. The van der Waals surface area contributed by atoms with Gasteiger partial charge in [-0.2, -0.15) is 0 Å². The van der Waals surface area contributed by atoms with Gasteiger partial charge in [-0.05, 0) is 41.9 Å². The van der Waals surface area contributed by atoms with Crippen LogP contribution in [0.4, 0.5) is 0 Å². The van der Waals surface area contributed by atoms with E-state index < -0.39 is 0 Å². The van der Waals surface area contributed by atoms with Crippen LogP contribution in [0.3, 0.4) is 0 Å². The minimum atomic E-state index is -0.307. The lowest BCUT2D eigenvalue weighted by atomic mass is 10.3. The number of esters is 1. The average Bonchev–Trinajstić information content (AvgIpc) is 3.06. The Labute approximate surface area is 130 Å². The van der Waals surface area contributed by atoms with E-state index in [1.54, 1.807) is 12.1 Å². The molecule has 0 aromatic carbocycles. The molecule has 114 valence electrons. The quantitative estimate of drug-likeness (QED) is 0.734. The third-order valence-corrected chi connectivity index (χ3v) is 3.31. The van der Waals surface area contributed by atoms with Gasteiger partial charge in [-0.25, -0.2) is 0 Å². The maximum atomic E-state index is 11.4. The molecule has 0 aliphatic rings. The van der Waals surface area contributed by atoms with E-state index in [1.807, 2.05) is 18.7 Å². The van der Waals surface area contributed by atoms with Crippen LogP contribution in [-0.4, -0.2) is 40.8 Å². The molecular formula is C13H16BrN3O4. The summed E-state index contributed by atoms with van der Waals surface area (Å²) >= 11 is 3.21. The molecule has 0 saturated heterocycles. The van der Waals surface area contributed by atoms with Gasteiger partial charge >= 0.3 is 5.97 Å². The molecule has 0 fully saturated rings. The first-order valence-corrected chi connectivity index (χ1v) is 7.18. The number of halogens is 1. The molecule has 0 bridgehead atoms. The molecular weight excluding hydrogens is 342 g/mol. The number of methoxy groups -OCH3 is 1. The first kappa shape index (κ1) is 15.7. The van der Waals surface area contributed by atoms with Crippen molar-refractivity contribution in [2.75, 3.05) is 13.7 Å². The van der Waals surface area contributed by atoms with Crippen LogP contribution < -0.4 is 0 Å². The van der Waals surface area contributed by atoms with Crippen molar-refractivity contribution in [3.05, 3.63) is 22.7 Å². The second-order valence-corrected chi connectivity index (χ2v) is 5.46. The summed E-state index contributed by atoms with van der Waals surface area (Å²) in [5.41, 5.74) is 0. The smallest absolute Gasteiger partial charge is 0.319 e. The number of rotatable bonds is 6. The molecule has 21 heavy (non-hydrogen) atoms. The van der Waals surface area contributed by atoms with Crippen molar-refractivity contribution in [1.82, 2.24) is 15.1 Å². The number of hydrogen-bond acceptors (Lipinski definition) is 7. The Morgan fingerprint density at radius 3 is 2.71 bits per heavy atom. The molecule has 2 aromatic heterocycles. The van der Waals surface area contributed by atoms with Crippen molar-refractivity contribution in [3.8, 4) is 11.7 Å². The fourth-order valence-electron chi connectivity index (χ4n) is 1.67. The van der Waals surface area contributed by atoms with E-state index in [-0.39, 0.29) is 18.6 Å². The van der Waals surface area contributed by atoms with Crippen molar-refractivity contribution in [3.63, 3.8) is 0 Å². The average molecular weight is 358 g/mol. The summed E-state index contributed by atoms with van der Waals surface area (Å²) < 4.78 is 16.2. The molecule has 0 saturated carbocycles. The van der Waals surface area contributed by atoms with Gasteiger partial charge < -0.3 is 13.6 Å². The summed E-state index contributed by atoms with van der Waals surface area (Å²) in [6.45, 7) is 4.48. The Morgan fingerprint density at radius 1 is 1.38 bits per heavy atom. The molecule has 0 aliphatic carbocycles. The molecule has 8 heteroatoms. The van der Waals surface area contributed by atoms with Crippen molar-refractivity contribution in [2.24, 2.45) is 0 Å². The lowest BCUT2D eigenvalue weighted by molar-refractivity contribution is -0.142. The molecule has 0 aliphatic heterocycles. The minimum Gasteiger partial charge on any atom is -0.468 e. The largest absolute Gasteiger partial charge is 0.468 e. The van der Waals surface area contributed by atoms with Crippen LogP contribution in [0.1, 0.15) is 19.7 Å². The van der Waals surface area contributed by atoms with Crippen LogP contribution in [0.25, 0.3) is 11.7 Å². The summed E-state index contributed by atoms with van der Waals surface area (Å²) in [5.74, 6) is 0.899. The Morgan fingerprint density at radius 2 is 2.14 bits per heavy atom. The molecule has 0 radical (unpaired) electrons. The highest BCUT2D eigenvalue weighted by Crippen LogP contribution is 2.24. The Kier molecular flexibility index (Phi) is 5.13. The summed E-state index contributed by atoms with van der Waals surface area (Å²) in [6.07, 6.45) is 0. The molecule has 0 amide bonds. The number of carbonyl (C=O) groups is 1. The summed E-state index contributed by atoms with van der Waals surface area (Å²) in [7, 11) is 1.36.